The molecule has 2 rings (SSSR count). The highest BCUT2D eigenvalue weighted by Crippen LogP contribution is 2.23. The molecule has 5 heteroatoms. The number of hydrogen-bond donors (Lipinski definition) is 2. The molecule has 0 heterocycles. The predicted molar refractivity (Wildman–Crippen MR) is 100.0 cm³/mol. The summed E-state index contributed by atoms with van der Waals surface area (Å²) >= 11 is 0. The quantitative estimate of drug-likeness (QED) is 0.760. The Hall–Kier alpha value is -2.82. The lowest BCUT2D eigenvalue weighted by molar-refractivity contribution is -0.142. The second-order valence-electron chi connectivity index (χ2n) is 6.48. The Morgan fingerprint density at radius 3 is 2.19 bits per heavy atom. The van der Waals surface area contributed by atoms with E-state index in [9.17, 15) is 14.7 Å². The number of methoxy groups -OCH3 is 1. The molecular formula is C21H25NO4. The summed E-state index contributed by atoms with van der Waals surface area (Å²) in [6, 6.07) is 16.2. The van der Waals surface area contributed by atoms with Crippen LogP contribution in [-0.2, 0) is 16.0 Å². The largest absolute Gasteiger partial charge is 0.497 e. The highest BCUT2D eigenvalue weighted by Gasteiger charge is 2.28. The highest BCUT2D eigenvalue weighted by molar-refractivity contribution is 5.80. The van der Waals surface area contributed by atoms with Crippen molar-refractivity contribution in [3.8, 4) is 5.75 Å². The molecule has 0 spiro atoms. The molecule has 0 saturated carbocycles. The first-order chi connectivity index (χ1) is 12.4. The van der Waals surface area contributed by atoms with Crippen molar-refractivity contribution >= 4 is 11.9 Å². The maximum atomic E-state index is 12.7. The van der Waals surface area contributed by atoms with Crippen LogP contribution in [-0.4, -0.2) is 24.1 Å². The van der Waals surface area contributed by atoms with Crippen molar-refractivity contribution in [3.63, 3.8) is 0 Å². The number of carbonyl (C=O) groups excluding carboxylic acids is 1. The number of hydrogen-bond acceptors (Lipinski definition) is 3. The molecule has 138 valence electrons. The minimum atomic E-state index is -0.943. The van der Waals surface area contributed by atoms with Gasteiger partial charge < -0.3 is 15.2 Å². The average Bonchev–Trinajstić information content (AvgIpc) is 2.66. The Kier molecular flexibility index (Phi) is 6.78. The zero-order valence-corrected chi connectivity index (χ0v) is 15.3. The highest BCUT2D eigenvalue weighted by atomic mass is 16.5. The number of carbonyl (C=O) groups is 2. The molecule has 2 N–H and O–H groups in total. The normalized spacial score (nSPS) is 14.1. The Morgan fingerprint density at radius 2 is 1.65 bits per heavy atom. The van der Waals surface area contributed by atoms with Crippen molar-refractivity contribution in [2.24, 2.45) is 11.8 Å². The molecule has 1 amide bonds. The Labute approximate surface area is 154 Å². The minimum Gasteiger partial charge on any atom is -0.497 e. The Bertz CT molecular complexity index is 727. The number of carboxylic acid groups (broad SMARTS) is 1. The Balaban J connectivity index is 2.08. The van der Waals surface area contributed by atoms with Crippen LogP contribution >= 0.6 is 0 Å². The van der Waals surface area contributed by atoms with Gasteiger partial charge in [-0.25, -0.2) is 0 Å². The average molecular weight is 355 g/mol. The van der Waals surface area contributed by atoms with Crippen molar-refractivity contribution in [2.45, 2.75) is 26.3 Å². The zero-order chi connectivity index (χ0) is 19.1. The summed E-state index contributed by atoms with van der Waals surface area (Å²) in [7, 11) is 1.61. The van der Waals surface area contributed by atoms with Gasteiger partial charge >= 0.3 is 5.97 Å². The lowest BCUT2D eigenvalue weighted by atomic mass is 9.93. The fourth-order valence-electron chi connectivity index (χ4n) is 2.80. The Morgan fingerprint density at radius 1 is 1.04 bits per heavy atom. The van der Waals surface area contributed by atoms with Crippen LogP contribution in [0, 0.1) is 11.8 Å². The monoisotopic (exact) mass is 355 g/mol. The zero-order valence-electron chi connectivity index (χ0n) is 15.3. The van der Waals surface area contributed by atoms with Gasteiger partial charge in [-0.1, -0.05) is 49.4 Å². The summed E-state index contributed by atoms with van der Waals surface area (Å²) in [4.78, 5) is 24.1. The van der Waals surface area contributed by atoms with Gasteiger partial charge in [0.05, 0.1) is 19.1 Å². The van der Waals surface area contributed by atoms with E-state index in [-0.39, 0.29) is 11.8 Å². The third kappa shape index (κ3) is 5.09. The first kappa shape index (κ1) is 19.5. The summed E-state index contributed by atoms with van der Waals surface area (Å²) < 4.78 is 5.14. The molecule has 0 aliphatic rings. The van der Waals surface area contributed by atoms with Crippen LogP contribution in [0.1, 0.15) is 31.0 Å². The van der Waals surface area contributed by atoms with E-state index in [0.29, 0.717) is 6.42 Å². The maximum Gasteiger partial charge on any atom is 0.308 e. The van der Waals surface area contributed by atoms with Crippen molar-refractivity contribution in [2.75, 3.05) is 7.11 Å². The number of carboxylic acids is 1. The predicted octanol–water partition coefficient (Wildman–Crippen LogP) is 3.45. The van der Waals surface area contributed by atoms with Gasteiger partial charge in [-0.05, 0) is 36.6 Å². The molecule has 5 nitrogen and oxygen atoms in total. The molecular weight excluding hydrogens is 330 g/mol. The van der Waals surface area contributed by atoms with Crippen LogP contribution in [0.2, 0.25) is 0 Å². The van der Waals surface area contributed by atoms with E-state index in [1.807, 2.05) is 61.5 Å². The minimum absolute atomic E-state index is 0.164. The van der Waals surface area contributed by atoms with Gasteiger partial charge in [0, 0.05) is 5.92 Å². The lowest BCUT2D eigenvalue weighted by Crippen LogP contribution is -2.38. The van der Waals surface area contributed by atoms with E-state index in [1.165, 1.54) is 0 Å². The van der Waals surface area contributed by atoms with Crippen LogP contribution in [0.5, 0.6) is 5.75 Å². The van der Waals surface area contributed by atoms with Gasteiger partial charge in [0.2, 0.25) is 5.91 Å². The van der Waals surface area contributed by atoms with Gasteiger partial charge in [0.25, 0.3) is 0 Å². The number of benzene rings is 2. The van der Waals surface area contributed by atoms with Crippen LogP contribution in [0.15, 0.2) is 54.6 Å². The van der Waals surface area contributed by atoms with Crippen LogP contribution in [0.25, 0.3) is 0 Å². The number of aliphatic carboxylic acids is 1. The molecule has 3 atom stereocenters. The molecule has 0 radical (unpaired) electrons. The van der Waals surface area contributed by atoms with Gasteiger partial charge in [0.15, 0.2) is 0 Å². The first-order valence-corrected chi connectivity index (χ1v) is 8.63. The van der Waals surface area contributed by atoms with Crippen molar-refractivity contribution in [1.29, 1.82) is 0 Å². The first-order valence-electron chi connectivity index (χ1n) is 8.63. The van der Waals surface area contributed by atoms with Crippen molar-refractivity contribution in [3.05, 3.63) is 65.7 Å². The fraction of sp³-hybridized carbons (Fsp3) is 0.333. The van der Waals surface area contributed by atoms with Gasteiger partial charge in [0.1, 0.15) is 5.75 Å². The smallest absolute Gasteiger partial charge is 0.308 e. The number of amides is 1. The van der Waals surface area contributed by atoms with E-state index >= 15 is 0 Å². The van der Waals surface area contributed by atoms with E-state index < -0.39 is 17.9 Å². The number of rotatable bonds is 8. The summed E-state index contributed by atoms with van der Waals surface area (Å²) in [5.41, 5.74) is 1.81. The molecule has 2 aromatic carbocycles. The molecule has 2 aromatic rings. The SMILES string of the molecule is COc1ccc(CC(C)C(=O)NC(c2ccccc2)C(C)C(=O)O)cc1. The van der Waals surface area contributed by atoms with E-state index in [1.54, 1.807) is 14.0 Å². The standard InChI is InChI=1S/C21H25NO4/c1-14(13-16-9-11-18(26-3)12-10-16)20(23)22-19(15(2)21(24)25)17-7-5-4-6-8-17/h4-12,14-15,19H,13H2,1-3H3,(H,22,23)(H,24,25). The molecule has 0 aliphatic heterocycles. The van der Waals surface area contributed by atoms with Crippen LogP contribution in [0.4, 0.5) is 0 Å². The van der Waals surface area contributed by atoms with E-state index in [4.69, 9.17) is 4.74 Å². The topological polar surface area (TPSA) is 75.6 Å². The number of ether oxygens (including phenoxy) is 1. The lowest BCUT2D eigenvalue weighted by Gasteiger charge is -2.24. The second kappa shape index (κ2) is 9.04. The molecule has 0 fully saturated rings. The summed E-state index contributed by atoms with van der Waals surface area (Å²) in [5, 5.41) is 12.3. The van der Waals surface area contributed by atoms with Crippen molar-refractivity contribution < 1.29 is 19.4 Å². The molecule has 0 bridgehead atoms. The van der Waals surface area contributed by atoms with Crippen molar-refractivity contribution in [1.82, 2.24) is 5.32 Å². The maximum absolute atomic E-state index is 12.7. The van der Waals surface area contributed by atoms with Gasteiger partial charge in [-0.2, -0.15) is 0 Å². The summed E-state index contributed by atoms with van der Waals surface area (Å²) in [6.07, 6.45) is 0.568. The van der Waals surface area contributed by atoms with E-state index in [2.05, 4.69) is 5.32 Å². The number of nitrogens with one attached hydrogen (secondary N) is 1. The summed E-state index contributed by atoms with van der Waals surface area (Å²) in [5.74, 6) is -1.35. The van der Waals surface area contributed by atoms with Gasteiger partial charge in [-0.15, -0.1) is 0 Å². The van der Waals surface area contributed by atoms with Crippen LogP contribution < -0.4 is 10.1 Å². The van der Waals surface area contributed by atoms with Crippen LogP contribution in [0.3, 0.4) is 0 Å². The molecule has 0 saturated heterocycles. The molecule has 0 aromatic heterocycles. The van der Waals surface area contributed by atoms with E-state index in [0.717, 1.165) is 16.9 Å². The third-order valence-electron chi connectivity index (χ3n) is 4.49. The second-order valence-corrected chi connectivity index (χ2v) is 6.48. The molecule has 26 heavy (non-hydrogen) atoms. The summed E-state index contributed by atoms with van der Waals surface area (Å²) in [6.45, 7) is 3.45. The molecule has 3 unspecified atom stereocenters. The molecule has 0 aliphatic carbocycles. The third-order valence-corrected chi connectivity index (χ3v) is 4.49. The van der Waals surface area contributed by atoms with Gasteiger partial charge in [-0.3, -0.25) is 9.59 Å². The fourth-order valence-corrected chi connectivity index (χ4v) is 2.80.